The highest BCUT2D eigenvalue weighted by atomic mass is 35.5. The summed E-state index contributed by atoms with van der Waals surface area (Å²) in [4.78, 5) is 0. The Bertz CT molecular complexity index is 835. The van der Waals surface area contributed by atoms with Crippen molar-refractivity contribution in [2.24, 2.45) is 0 Å². The highest BCUT2D eigenvalue weighted by Gasteiger charge is 2.04. The monoisotopic (exact) mass is 379 g/mol. The van der Waals surface area contributed by atoms with E-state index in [0.717, 1.165) is 35.7 Å². The van der Waals surface area contributed by atoms with Crippen LogP contribution in [0.25, 0.3) is 0 Å². The first-order valence-electron chi connectivity index (χ1n) is 9.42. The van der Waals surface area contributed by atoms with Crippen molar-refractivity contribution in [3.8, 4) is 5.75 Å². The van der Waals surface area contributed by atoms with Crippen molar-refractivity contribution < 1.29 is 4.74 Å². The van der Waals surface area contributed by atoms with Gasteiger partial charge in [-0.2, -0.15) is 0 Å². The van der Waals surface area contributed by atoms with Crippen LogP contribution in [-0.2, 0) is 19.6 Å². The van der Waals surface area contributed by atoms with Crippen LogP contribution in [0.1, 0.15) is 30.0 Å². The Morgan fingerprint density at radius 2 is 1.59 bits per heavy atom. The fourth-order valence-corrected chi connectivity index (χ4v) is 3.17. The van der Waals surface area contributed by atoms with Crippen LogP contribution >= 0.6 is 11.6 Å². The quantitative estimate of drug-likeness (QED) is 0.490. The number of halogens is 1. The van der Waals surface area contributed by atoms with Gasteiger partial charge in [-0.1, -0.05) is 66.2 Å². The molecule has 0 saturated carbocycles. The largest absolute Gasteiger partial charge is 0.489 e. The molecule has 0 fully saturated rings. The van der Waals surface area contributed by atoms with Crippen LogP contribution < -0.4 is 10.1 Å². The van der Waals surface area contributed by atoms with E-state index in [9.17, 15) is 0 Å². The van der Waals surface area contributed by atoms with Crippen molar-refractivity contribution in [2.75, 3.05) is 0 Å². The third kappa shape index (κ3) is 6.74. The minimum Gasteiger partial charge on any atom is -0.489 e. The number of benzene rings is 3. The minimum absolute atomic E-state index is 0.459. The number of nitrogens with one attached hydrogen (secondary N) is 1. The molecular weight excluding hydrogens is 354 g/mol. The van der Waals surface area contributed by atoms with E-state index < -0.39 is 0 Å². The molecule has 3 aromatic rings. The first kappa shape index (κ1) is 19.5. The van der Waals surface area contributed by atoms with Crippen molar-refractivity contribution in [1.82, 2.24) is 5.32 Å². The van der Waals surface area contributed by atoms with Crippen molar-refractivity contribution in [3.05, 3.63) is 101 Å². The smallest absolute Gasteiger partial charge is 0.120 e. The number of aryl methyl sites for hydroxylation is 1. The SMILES string of the molecule is CC(CCc1ccccc1)NCc1cccc(OCc2cccc(Cl)c2)c1. The molecule has 1 unspecified atom stereocenters. The average molecular weight is 380 g/mol. The molecule has 0 bridgehead atoms. The Morgan fingerprint density at radius 1 is 0.852 bits per heavy atom. The highest BCUT2D eigenvalue weighted by Crippen LogP contribution is 2.17. The van der Waals surface area contributed by atoms with E-state index in [4.69, 9.17) is 16.3 Å². The molecule has 3 rings (SSSR count). The zero-order chi connectivity index (χ0) is 18.9. The molecule has 0 heterocycles. The van der Waals surface area contributed by atoms with Crippen LogP contribution in [0.4, 0.5) is 0 Å². The zero-order valence-electron chi connectivity index (χ0n) is 15.7. The maximum Gasteiger partial charge on any atom is 0.120 e. The van der Waals surface area contributed by atoms with Gasteiger partial charge in [0.05, 0.1) is 0 Å². The first-order chi connectivity index (χ1) is 13.2. The van der Waals surface area contributed by atoms with E-state index >= 15 is 0 Å². The number of ether oxygens (including phenoxy) is 1. The van der Waals surface area contributed by atoms with Crippen LogP contribution in [0.5, 0.6) is 5.75 Å². The fraction of sp³-hybridized carbons (Fsp3) is 0.250. The van der Waals surface area contributed by atoms with Crippen LogP contribution in [0.15, 0.2) is 78.9 Å². The minimum atomic E-state index is 0.459. The lowest BCUT2D eigenvalue weighted by molar-refractivity contribution is 0.306. The Labute approximate surface area is 167 Å². The van der Waals surface area contributed by atoms with Gasteiger partial charge in [0.25, 0.3) is 0 Å². The molecule has 140 valence electrons. The van der Waals surface area contributed by atoms with Crippen molar-refractivity contribution >= 4 is 11.6 Å². The van der Waals surface area contributed by atoms with Gasteiger partial charge in [0.1, 0.15) is 12.4 Å². The molecule has 1 N–H and O–H groups in total. The maximum atomic E-state index is 6.02. The lowest BCUT2D eigenvalue weighted by Gasteiger charge is -2.14. The molecule has 0 radical (unpaired) electrons. The molecule has 0 saturated heterocycles. The van der Waals surface area contributed by atoms with E-state index in [1.807, 2.05) is 36.4 Å². The molecule has 2 nitrogen and oxygen atoms in total. The lowest BCUT2D eigenvalue weighted by Crippen LogP contribution is -2.25. The maximum absolute atomic E-state index is 6.02. The van der Waals surface area contributed by atoms with E-state index in [2.05, 4.69) is 54.7 Å². The van der Waals surface area contributed by atoms with Crippen LogP contribution in [0, 0.1) is 0 Å². The van der Waals surface area contributed by atoms with E-state index in [0.29, 0.717) is 12.6 Å². The summed E-state index contributed by atoms with van der Waals surface area (Å²) in [6, 6.07) is 27.1. The number of hydrogen-bond acceptors (Lipinski definition) is 2. The van der Waals surface area contributed by atoms with Gasteiger partial charge in [0.15, 0.2) is 0 Å². The predicted molar refractivity (Wildman–Crippen MR) is 113 cm³/mol. The average Bonchev–Trinajstić information content (AvgIpc) is 2.70. The second-order valence-corrected chi connectivity index (χ2v) is 7.31. The van der Waals surface area contributed by atoms with Crippen LogP contribution in [0.3, 0.4) is 0 Å². The second-order valence-electron chi connectivity index (χ2n) is 6.87. The molecule has 0 aliphatic carbocycles. The first-order valence-corrected chi connectivity index (χ1v) is 9.80. The van der Waals surface area contributed by atoms with Gasteiger partial charge in [-0.05, 0) is 60.7 Å². The molecule has 0 amide bonds. The van der Waals surface area contributed by atoms with Gasteiger partial charge < -0.3 is 10.1 Å². The molecule has 0 aliphatic rings. The van der Waals surface area contributed by atoms with Gasteiger partial charge in [-0.3, -0.25) is 0 Å². The Kier molecular flexibility index (Phi) is 7.32. The summed E-state index contributed by atoms with van der Waals surface area (Å²) in [5, 5.41) is 4.34. The van der Waals surface area contributed by atoms with E-state index in [1.54, 1.807) is 0 Å². The van der Waals surface area contributed by atoms with Crippen molar-refractivity contribution in [1.29, 1.82) is 0 Å². The molecule has 3 aromatic carbocycles. The van der Waals surface area contributed by atoms with Crippen LogP contribution in [0.2, 0.25) is 5.02 Å². The molecule has 0 aromatic heterocycles. The van der Waals surface area contributed by atoms with Crippen LogP contribution in [-0.4, -0.2) is 6.04 Å². The van der Waals surface area contributed by atoms with Gasteiger partial charge in [-0.25, -0.2) is 0 Å². The second kappa shape index (κ2) is 10.1. The predicted octanol–water partition coefficient (Wildman–Crippen LogP) is 6.03. The summed E-state index contributed by atoms with van der Waals surface area (Å²) in [6.07, 6.45) is 2.22. The van der Waals surface area contributed by atoms with Crippen molar-refractivity contribution in [3.63, 3.8) is 0 Å². The summed E-state index contributed by atoms with van der Waals surface area (Å²) in [7, 11) is 0. The highest BCUT2D eigenvalue weighted by molar-refractivity contribution is 6.30. The van der Waals surface area contributed by atoms with Gasteiger partial charge in [0.2, 0.25) is 0 Å². The lowest BCUT2D eigenvalue weighted by atomic mass is 10.1. The standard InChI is InChI=1S/C24H26ClNO/c1-19(13-14-20-7-3-2-4-8-20)26-17-21-9-6-12-24(16-21)27-18-22-10-5-11-23(25)15-22/h2-12,15-16,19,26H,13-14,17-18H2,1H3. The Hall–Kier alpha value is -2.29. The number of rotatable bonds is 9. The Morgan fingerprint density at radius 3 is 2.41 bits per heavy atom. The summed E-state index contributed by atoms with van der Waals surface area (Å²) >= 11 is 6.02. The fourth-order valence-electron chi connectivity index (χ4n) is 2.96. The molecule has 1 atom stereocenters. The molecular formula is C24H26ClNO. The summed E-state index contributed by atoms with van der Waals surface area (Å²) in [5.74, 6) is 0.881. The third-order valence-corrected chi connectivity index (χ3v) is 4.79. The molecule has 3 heteroatoms. The summed E-state index contributed by atoms with van der Waals surface area (Å²) in [6.45, 7) is 3.59. The zero-order valence-corrected chi connectivity index (χ0v) is 16.5. The topological polar surface area (TPSA) is 21.3 Å². The van der Waals surface area contributed by atoms with E-state index in [1.165, 1.54) is 11.1 Å². The van der Waals surface area contributed by atoms with Crippen molar-refractivity contribution in [2.45, 2.75) is 39.0 Å². The van der Waals surface area contributed by atoms with Gasteiger partial charge in [0, 0.05) is 17.6 Å². The summed E-state index contributed by atoms with van der Waals surface area (Å²) in [5.41, 5.74) is 3.69. The van der Waals surface area contributed by atoms with E-state index in [-0.39, 0.29) is 0 Å². The Balaban J connectivity index is 1.45. The molecule has 0 spiro atoms. The molecule has 0 aliphatic heterocycles. The van der Waals surface area contributed by atoms with Gasteiger partial charge in [-0.15, -0.1) is 0 Å². The third-order valence-electron chi connectivity index (χ3n) is 4.56. The molecule has 27 heavy (non-hydrogen) atoms. The van der Waals surface area contributed by atoms with Gasteiger partial charge >= 0.3 is 0 Å². The number of hydrogen-bond donors (Lipinski definition) is 1. The summed E-state index contributed by atoms with van der Waals surface area (Å²) < 4.78 is 5.91. The normalized spacial score (nSPS) is 11.9.